The van der Waals surface area contributed by atoms with E-state index < -0.39 is 0 Å². The number of likely N-dealkylation sites (N-methyl/N-ethyl adjacent to an activating group) is 1. The molecule has 9 heteroatoms. The van der Waals surface area contributed by atoms with Crippen LogP contribution in [0.15, 0.2) is 17.2 Å². The number of H-pyrrole nitrogens is 1. The van der Waals surface area contributed by atoms with Crippen molar-refractivity contribution in [1.82, 2.24) is 35.4 Å². The molecule has 1 atom stereocenters. The Labute approximate surface area is 127 Å². The third-order valence-corrected chi connectivity index (χ3v) is 3.43. The molecule has 0 aliphatic heterocycles. The Morgan fingerprint density at radius 3 is 3.05 bits per heavy atom. The van der Waals surface area contributed by atoms with Gasteiger partial charge in [0, 0.05) is 19.5 Å². The van der Waals surface area contributed by atoms with Crippen LogP contribution in [0, 0.1) is 0 Å². The average Bonchev–Trinajstić information content (AvgIpc) is 3.15. The molecule has 0 saturated heterocycles. The second kappa shape index (κ2) is 6.06. The van der Waals surface area contributed by atoms with Crippen LogP contribution in [-0.4, -0.2) is 50.2 Å². The lowest BCUT2D eigenvalue weighted by molar-refractivity contribution is 0.370. The van der Waals surface area contributed by atoms with E-state index in [4.69, 9.17) is 4.52 Å². The molecule has 2 N–H and O–H groups in total. The molecule has 1 unspecified atom stereocenters. The normalized spacial score (nSPS) is 12.7. The van der Waals surface area contributed by atoms with Crippen LogP contribution in [0.4, 0.5) is 5.82 Å². The van der Waals surface area contributed by atoms with Gasteiger partial charge in [0.05, 0.1) is 12.9 Å². The minimum absolute atomic E-state index is 0.301. The van der Waals surface area contributed by atoms with Crippen LogP contribution in [0.25, 0.3) is 11.2 Å². The first-order valence-electron chi connectivity index (χ1n) is 7.01. The molecule has 3 heterocycles. The Morgan fingerprint density at radius 1 is 1.36 bits per heavy atom. The van der Waals surface area contributed by atoms with Gasteiger partial charge >= 0.3 is 0 Å². The molecule has 0 spiro atoms. The summed E-state index contributed by atoms with van der Waals surface area (Å²) >= 11 is 0. The fourth-order valence-corrected chi connectivity index (χ4v) is 2.13. The molecule has 0 fully saturated rings. The number of hydrogen-bond acceptors (Lipinski definition) is 8. The topological polar surface area (TPSA) is 109 Å². The first kappa shape index (κ1) is 14.4. The summed E-state index contributed by atoms with van der Waals surface area (Å²) in [5.41, 5.74) is 1.42. The molecule has 0 bridgehead atoms. The van der Waals surface area contributed by atoms with Crippen molar-refractivity contribution in [2.24, 2.45) is 0 Å². The first-order chi connectivity index (χ1) is 10.7. The summed E-state index contributed by atoms with van der Waals surface area (Å²) in [6, 6.07) is 0.301. The first-order valence-corrected chi connectivity index (χ1v) is 7.01. The van der Waals surface area contributed by atoms with Gasteiger partial charge in [0.1, 0.15) is 11.8 Å². The van der Waals surface area contributed by atoms with Gasteiger partial charge in [-0.05, 0) is 14.0 Å². The third kappa shape index (κ3) is 2.89. The van der Waals surface area contributed by atoms with E-state index in [1.54, 1.807) is 6.33 Å². The maximum atomic E-state index is 5.30. The number of nitrogens with one attached hydrogen (secondary N) is 2. The number of nitrogens with zero attached hydrogens (tertiary/aromatic N) is 6. The van der Waals surface area contributed by atoms with Crippen LogP contribution in [0.5, 0.6) is 0 Å². The number of aromatic nitrogens is 6. The minimum Gasteiger partial charge on any atom is -0.348 e. The highest BCUT2D eigenvalue weighted by molar-refractivity contribution is 5.82. The quantitative estimate of drug-likeness (QED) is 0.678. The van der Waals surface area contributed by atoms with E-state index in [0.29, 0.717) is 29.9 Å². The van der Waals surface area contributed by atoms with Crippen LogP contribution in [-0.2, 0) is 13.0 Å². The fraction of sp³-hybridized carbons (Fsp3) is 0.462. The Kier molecular flexibility index (Phi) is 3.96. The predicted octanol–water partition coefficient (Wildman–Crippen LogP) is 0.523. The van der Waals surface area contributed by atoms with Gasteiger partial charge in [-0.1, -0.05) is 5.16 Å². The summed E-state index contributed by atoms with van der Waals surface area (Å²) in [5.74, 6) is 1.98. The minimum atomic E-state index is 0.301. The van der Waals surface area contributed by atoms with Crippen molar-refractivity contribution in [3.63, 3.8) is 0 Å². The van der Waals surface area contributed by atoms with E-state index in [-0.39, 0.29) is 0 Å². The zero-order valence-corrected chi connectivity index (χ0v) is 12.7. The largest absolute Gasteiger partial charge is 0.348 e. The van der Waals surface area contributed by atoms with Crippen molar-refractivity contribution >= 4 is 17.0 Å². The number of rotatable bonds is 6. The molecule has 0 radical (unpaired) electrons. The van der Waals surface area contributed by atoms with Gasteiger partial charge in [0.25, 0.3) is 0 Å². The SMILES string of the molecule is CNC(C)Cc1noc(CN(C)c2ncnc3nc[nH]c23)n1. The Hall–Kier alpha value is -2.55. The van der Waals surface area contributed by atoms with Gasteiger partial charge in [-0.2, -0.15) is 4.98 Å². The Balaban J connectivity index is 1.74. The van der Waals surface area contributed by atoms with Crippen LogP contribution in [0.1, 0.15) is 18.6 Å². The van der Waals surface area contributed by atoms with Crippen molar-refractivity contribution in [2.75, 3.05) is 19.0 Å². The maximum absolute atomic E-state index is 5.30. The smallest absolute Gasteiger partial charge is 0.246 e. The highest BCUT2D eigenvalue weighted by Gasteiger charge is 2.15. The lowest BCUT2D eigenvalue weighted by atomic mass is 10.2. The Bertz CT molecular complexity index is 751. The van der Waals surface area contributed by atoms with Crippen molar-refractivity contribution in [2.45, 2.75) is 25.9 Å². The zero-order valence-electron chi connectivity index (χ0n) is 12.7. The number of aromatic amines is 1. The van der Waals surface area contributed by atoms with Gasteiger partial charge < -0.3 is 19.7 Å². The van der Waals surface area contributed by atoms with E-state index in [0.717, 1.165) is 17.8 Å². The molecule has 3 aromatic rings. The molecule has 0 amide bonds. The van der Waals surface area contributed by atoms with E-state index in [1.807, 2.05) is 19.0 Å². The molecule has 0 aliphatic carbocycles. The maximum Gasteiger partial charge on any atom is 0.246 e. The standard InChI is InChI=1S/C13H18N8O/c1-8(14-2)4-9-19-10(22-20-9)5-21(3)13-11-12(16-6-15-11)17-7-18-13/h6-8,14H,4-5H2,1-3H3,(H,15,16,17,18). The van der Waals surface area contributed by atoms with Crippen LogP contribution in [0.2, 0.25) is 0 Å². The molecular formula is C13H18N8O. The monoisotopic (exact) mass is 302 g/mol. The average molecular weight is 302 g/mol. The van der Waals surface area contributed by atoms with E-state index >= 15 is 0 Å². The summed E-state index contributed by atoms with van der Waals surface area (Å²) < 4.78 is 5.30. The van der Waals surface area contributed by atoms with Crippen LogP contribution >= 0.6 is 0 Å². The van der Waals surface area contributed by atoms with Crippen molar-refractivity contribution in [3.8, 4) is 0 Å². The number of anilines is 1. The molecule has 9 nitrogen and oxygen atoms in total. The molecular weight excluding hydrogens is 284 g/mol. The van der Waals surface area contributed by atoms with Gasteiger partial charge in [-0.25, -0.2) is 15.0 Å². The predicted molar refractivity (Wildman–Crippen MR) is 80.3 cm³/mol. The zero-order chi connectivity index (χ0) is 15.5. The molecule has 0 saturated carbocycles. The Morgan fingerprint density at radius 2 is 2.23 bits per heavy atom. The molecule has 22 heavy (non-hydrogen) atoms. The number of hydrogen-bond donors (Lipinski definition) is 2. The molecule has 0 aromatic carbocycles. The second-order valence-corrected chi connectivity index (χ2v) is 5.15. The summed E-state index contributed by atoms with van der Waals surface area (Å²) in [7, 11) is 3.81. The lowest BCUT2D eigenvalue weighted by Gasteiger charge is -2.15. The van der Waals surface area contributed by atoms with Crippen molar-refractivity contribution < 1.29 is 4.52 Å². The van der Waals surface area contributed by atoms with Crippen molar-refractivity contribution in [3.05, 3.63) is 24.4 Å². The highest BCUT2D eigenvalue weighted by atomic mass is 16.5. The second-order valence-electron chi connectivity index (χ2n) is 5.15. The van der Waals surface area contributed by atoms with Gasteiger partial charge in [-0.15, -0.1) is 0 Å². The molecule has 116 valence electrons. The third-order valence-electron chi connectivity index (χ3n) is 3.43. The summed E-state index contributed by atoms with van der Waals surface area (Å²) in [5, 5.41) is 7.14. The van der Waals surface area contributed by atoms with Gasteiger partial charge in [0.2, 0.25) is 5.89 Å². The van der Waals surface area contributed by atoms with Gasteiger partial charge in [0.15, 0.2) is 17.3 Å². The number of imidazole rings is 1. The summed E-state index contributed by atoms with van der Waals surface area (Å²) in [4.78, 5) is 21.9. The highest BCUT2D eigenvalue weighted by Crippen LogP contribution is 2.19. The summed E-state index contributed by atoms with van der Waals surface area (Å²) in [6.45, 7) is 2.53. The van der Waals surface area contributed by atoms with Crippen LogP contribution < -0.4 is 10.2 Å². The fourth-order valence-electron chi connectivity index (χ4n) is 2.13. The van der Waals surface area contributed by atoms with E-state index in [2.05, 4.69) is 42.3 Å². The van der Waals surface area contributed by atoms with Crippen molar-refractivity contribution in [1.29, 1.82) is 0 Å². The van der Waals surface area contributed by atoms with E-state index in [1.165, 1.54) is 6.33 Å². The number of fused-ring (bicyclic) bond motifs is 1. The molecule has 3 rings (SSSR count). The van der Waals surface area contributed by atoms with E-state index in [9.17, 15) is 0 Å². The summed E-state index contributed by atoms with van der Waals surface area (Å²) in [6.07, 6.45) is 3.81. The van der Waals surface area contributed by atoms with Gasteiger partial charge in [-0.3, -0.25) is 0 Å². The lowest BCUT2D eigenvalue weighted by Crippen LogP contribution is -2.24. The molecule has 3 aromatic heterocycles. The van der Waals surface area contributed by atoms with Crippen LogP contribution in [0.3, 0.4) is 0 Å². The molecule has 0 aliphatic rings.